The molecule has 26 heavy (non-hydrogen) atoms. The van der Waals surface area contributed by atoms with E-state index in [4.69, 9.17) is 9.84 Å². The molecular formula is C21H25NO4. The van der Waals surface area contributed by atoms with Gasteiger partial charge in [0.25, 0.3) is 5.91 Å². The molecule has 5 nitrogen and oxygen atoms in total. The van der Waals surface area contributed by atoms with Gasteiger partial charge in [-0.2, -0.15) is 0 Å². The maximum atomic E-state index is 12.5. The number of rotatable bonds is 6. The molecule has 0 aliphatic heterocycles. The number of carbonyl (C=O) groups is 2. The normalized spacial score (nSPS) is 12.3. The zero-order chi connectivity index (χ0) is 19.3. The summed E-state index contributed by atoms with van der Waals surface area (Å²) in [6, 6.07) is 14.5. The highest BCUT2D eigenvalue weighted by atomic mass is 16.5. The zero-order valence-corrected chi connectivity index (χ0v) is 15.6. The minimum Gasteiger partial charge on any atom is -0.481 e. The van der Waals surface area contributed by atoms with Crippen molar-refractivity contribution in [3.63, 3.8) is 0 Å². The van der Waals surface area contributed by atoms with Crippen LogP contribution in [0.15, 0.2) is 48.5 Å². The van der Waals surface area contributed by atoms with Gasteiger partial charge in [0, 0.05) is 5.69 Å². The Labute approximate surface area is 154 Å². The molecule has 2 aromatic carbocycles. The van der Waals surface area contributed by atoms with Gasteiger partial charge in [-0.25, -0.2) is 0 Å². The molecule has 2 rings (SSSR count). The Morgan fingerprint density at radius 2 is 1.81 bits per heavy atom. The molecule has 0 radical (unpaired) electrons. The molecule has 0 aliphatic rings. The second kappa shape index (κ2) is 8.04. The lowest BCUT2D eigenvalue weighted by Gasteiger charge is -2.21. The number of nitrogens with one attached hydrogen (secondary N) is 1. The van der Waals surface area contributed by atoms with Gasteiger partial charge in [0.1, 0.15) is 5.75 Å². The van der Waals surface area contributed by atoms with Crippen LogP contribution in [0.1, 0.15) is 38.8 Å². The maximum Gasteiger partial charge on any atom is 0.307 e. The van der Waals surface area contributed by atoms with Crippen molar-refractivity contribution >= 4 is 17.6 Å². The van der Waals surface area contributed by atoms with Gasteiger partial charge in [0.15, 0.2) is 6.10 Å². The van der Waals surface area contributed by atoms with Crippen LogP contribution in [0, 0.1) is 0 Å². The van der Waals surface area contributed by atoms with Crippen LogP contribution in [-0.2, 0) is 21.4 Å². The highest BCUT2D eigenvalue weighted by molar-refractivity contribution is 5.95. The molecule has 5 heteroatoms. The van der Waals surface area contributed by atoms with E-state index < -0.39 is 12.1 Å². The van der Waals surface area contributed by atoms with Crippen LogP contribution in [0.25, 0.3) is 0 Å². The Balaban J connectivity index is 2.08. The van der Waals surface area contributed by atoms with Crippen molar-refractivity contribution in [2.75, 3.05) is 5.32 Å². The summed E-state index contributed by atoms with van der Waals surface area (Å²) in [7, 11) is 0. The Kier molecular flexibility index (Phi) is 6.03. The average Bonchev–Trinajstić information content (AvgIpc) is 2.55. The molecule has 0 heterocycles. The number of hydrogen-bond donors (Lipinski definition) is 2. The van der Waals surface area contributed by atoms with Gasteiger partial charge in [-0.3, -0.25) is 9.59 Å². The summed E-state index contributed by atoms with van der Waals surface area (Å²) in [5, 5.41) is 11.7. The van der Waals surface area contributed by atoms with Gasteiger partial charge in [0.2, 0.25) is 0 Å². The zero-order valence-electron chi connectivity index (χ0n) is 15.6. The van der Waals surface area contributed by atoms with Crippen LogP contribution in [0.3, 0.4) is 0 Å². The van der Waals surface area contributed by atoms with Crippen molar-refractivity contribution in [3.05, 3.63) is 59.7 Å². The number of hydrogen-bond acceptors (Lipinski definition) is 3. The largest absolute Gasteiger partial charge is 0.481 e. The summed E-state index contributed by atoms with van der Waals surface area (Å²) in [6.45, 7) is 8.00. The van der Waals surface area contributed by atoms with E-state index in [1.165, 1.54) is 0 Å². The van der Waals surface area contributed by atoms with Crippen molar-refractivity contribution < 1.29 is 19.4 Å². The smallest absolute Gasteiger partial charge is 0.307 e. The SMILES string of the molecule is CC(Oc1cccc(C(C)(C)C)c1)C(=O)Nc1ccccc1CC(=O)O. The lowest BCUT2D eigenvalue weighted by Crippen LogP contribution is -2.30. The Morgan fingerprint density at radius 3 is 2.46 bits per heavy atom. The van der Waals surface area contributed by atoms with Crippen LogP contribution in [0.2, 0.25) is 0 Å². The van der Waals surface area contributed by atoms with E-state index in [1.54, 1.807) is 31.2 Å². The number of benzene rings is 2. The van der Waals surface area contributed by atoms with Gasteiger partial charge in [-0.15, -0.1) is 0 Å². The molecule has 0 fully saturated rings. The van der Waals surface area contributed by atoms with Crippen molar-refractivity contribution in [2.24, 2.45) is 0 Å². The summed E-state index contributed by atoms with van der Waals surface area (Å²) in [5.41, 5.74) is 2.14. The minimum atomic E-state index is -0.949. The first-order valence-corrected chi connectivity index (χ1v) is 8.54. The standard InChI is InChI=1S/C21H25NO4/c1-14(26-17-10-7-9-16(13-17)21(2,3)4)20(25)22-18-11-6-5-8-15(18)12-19(23)24/h5-11,13-14H,12H2,1-4H3,(H,22,25)(H,23,24). The number of carbonyl (C=O) groups excluding carboxylic acids is 1. The average molecular weight is 355 g/mol. The lowest BCUT2D eigenvalue weighted by molar-refractivity contribution is -0.136. The molecule has 138 valence electrons. The summed E-state index contributed by atoms with van der Waals surface area (Å²) < 4.78 is 5.78. The van der Waals surface area contributed by atoms with Crippen LogP contribution in [0.4, 0.5) is 5.69 Å². The molecule has 0 spiro atoms. The van der Waals surface area contributed by atoms with Gasteiger partial charge in [0.05, 0.1) is 6.42 Å². The number of anilines is 1. The molecule has 0 aliphatic carbocycles. The monoisotopic (exact) mass is 355 g/mol. The molecule has 1 amide bonds. The van der Waals surface area contributed by atoms with Crippen molar-refractivity contribution in [2.45, 2.75) is 45.6 Å². The number of ether oxygens (including phenoxy) is 1. The van der Waals surface area contributed by atoms with Gasteiger partial charge in [-0.1, -0.05) is 51.1 Å². The maximum absolute atomic E-state index is 12.5. The first-order valence-electron chi connectivity index (χ1n) is 8.54. The molecule has 0 saturated heterocycles. The number of aliphatic carboxylic acids is 1. The third-order valence-electron chi connectivity index (χ3n) is 4.00. The summed E-state index contributed by atoms with van der Waals surface area (Å²) in [5.74, 6) is -0.655. The number of amides is 1. The molecular weight excluding hydrogens is 330 g/mol. The van der Waals surface area contributed by atoms with Crippen LogP contribution in [-0.4, -0.2) is 23.1 Å². The number of carboxylic acid groups (broad SMARTS) is 1. The van der Waals surface area contributed by atoms with Gasteiger partial charge >= 0.3 is 5.97 Å². The second-order valence-electron chi connectivity index (χ2n) is 7.25. The van der Waals surface area contributed by atoms with Crippen molar-refractivity contribution in [3.8, 4) is 5.75 Å². The highest BCUT2D eigenvalue weighted by Crippen LogP contribution is 2.26. The van der Waals surface area contributed by atoms with Crippen molar-refractivity contribution in [1.29, 1.82) is 0 Å². The van der Waals surface area contributed by atoms with Crippen LogP contribution < -0.4 is 10.1 Å². The van der Waals surface area contributed by atoms with E-state index in [0.717, 1.165) is 5.56 Å². The molecule has 2 N–H and O–H groups in total. The van der Waals surface area contributed by atoms with Crippen molar-refractivity contribution in [1.82, 2.24) is 0 Å². The fourth-order valence-corrected chi connectivity index (χ4v) is 2.49. The Morgan fingerprint density at radius 1 is 1.12 bits per heavy atom. The quantitative estimate of drug-likeness (QED) is 0.821. The van der Waals surface area contributed by atoms with E-state index >= 15 is 0 Å². The van der Waals surface area contributed by atoms with E-state index in [-0.39, 0.29) is 17.7 Å². The number of para-hydroxylation sites is 1. The summed E-state index contributed by atoms with van der Waals surface area (Å²) >= 11 is 0. The van der Waals surface area contributed by atoms with Crippen LogP contribution >= 0.6 is 0 Å². The van der Waals surface area contributed by atoms with E-state index in [0.29, 0.717) is 17.0 Å². The first-order chi connectivity index (χ1) is 12.2. The van der Waals surface area contributed by atoms with E-state index in [1.807, 2.05) is 24.3 Å². The van der Waals surface area contributed by atoms with Gasteiger partial charge in [-0.05, 0) is 41.7 Å². The molecule has 1 atom stereocenters. The fraction of sp³-hybridized carbons (Fsp3) is 0.333. The molecule has 0 aromatic heterocycles. The summed E-state index contributed by atoms with van der Waals surface area (Å²) in [6.07, 6.45) is -0.873. The highest BCUT2D eigenvalue weighted by Gasteiger charge is 2.19. The Bertz CT molecular complexity index is 793. The number of carboxylic acids is 1. The second-order valence-corrected chi connectivity index (χ2v) is 7.25. The third kappa shape index (κ3) is 5.34. The fourth-order valence-electron chi connectivity index (χ4n) is 2.49. The predicted octanol–water partition coefficient (Wildman–Crippen LogP) is 4.02. The third-order valence-corrected chi connectivity index (χ3v) is 4.00. The van der Waals surface area contributed by atoms with E-state index in [9.17, 15) is 9.59 Å². The molecule has 1 unspecified atom stereocenters. The molecule has 2 aromatic rings. The predicted molar refractivity (Wildman–Crippen MR) is 102 cm³/mol. The first kappa shape index (κ1) is 19.5. The topological polar surface area (TPSA) is 75.6 Å². The molecule has 0 saturated carbocycles. The van der Waals surface area contributed by atoms with Crippen LogP contribution in [0.5, 0.6) is 5.75 Å². The lowest BCUT2D eigenvalue weighted by atomic mass is 9.87. The summed E-state index contributed by atoms with van der Waals surface area (Å²) in [4.78, 5) is 23.4. The van der Waals surface area contributed by atoms with Gasteiger partial charge < -0.3 is 15.2 Å². The van der Waals surface area contributed by atoms with E-state index in [2.05, 4.69) is 26.1 Å². The Hall–Kier alpha value is -2.82. The molecule has 0 bridgehead atoms. The minimum absolute atomic E-state index is 0.0133.